The quantitative estimate of drug-likeness (QED) is 0.844. The molecular weight excluding hydrogens is 276 g/mol. The molecule has 4 nitrogen and oxygen atoms in total. The number of hydrogen-bond acceptors (Lipinski definition) is 3. The van der Waals surface area contributed by atoms with Gasteiger partial charge in [-0.25, -0.2) is 0 Å². The van der Waals surface area contributed by atoms with E-state index in [2.05, 4.69) is 10.2 Å². The Morgan fingerprint density at radius 1 is 1.45 bits per heavy atom. The molecule has 110 valence electrons. The van der Waals surface area contributed by atoms with Crippen LogP contribution in [-0.4, -0.2) is 49.7 Å². The summed E-state index contributed by atoms with van der Waals surface area (Å²) in [7, 11) is 0. The van der Waals surface area contributed by atoms with E-state index in [1.807, 2.05) is 31.2 Å². The number of ether oxygens (including phenoxy) is 1. The molecule has 0 aromatic heterocycles. The molecule has 0 saturated carbocycles. The van der Waals surface area contributed by atoms with Crippen LogP contribution < -0.4 is 5.32 Å². The Morgan fingerprint density at radius 2 is 2.20 bits per heavy atom. The van der Waals surface area contributed by atoms with Gasteiger partial charge in [0.15, 0.2) is 0 Å². The number of nitrogens with one attached hydrogen (secondary N) is 1. The Bertz CT molecular complexity index is 447. The molecular formula is C15H21ClN2O2. The van der Waals surface area contributed by atoms with Crippen molar-refractivity contribution >= 4 is 17.5 Å². The lowest BCUT2D eigenvalue weighted by Gasteiger charge is -2.29. The summed E-state index contributed by atoms with van der Waals surface area (Å²) >= 11 is 5.79. The van der Waals surface area contributed by atoms with E-state index in [9.17, 15) is 4.79 Å². The Kier molecular flexibility index (Phi) is 5.83. The third-order valence-corrected chi connectivity index (χ3v) is 3.67. The number of hydrogen-bond donors (Lipinski definition) is 1. The predicted molar refractivity (Wildman–Crippen MR) is 80.2 cm³/mol. The summed E-state index contributed by atoms with van der Waals surface area (Å²) in [5.74, 6) is 0.377. The van der Waals surface area contributed by atoms with Crippen LogP contribution in [-0.2, 0) is 10.6 Å². The summed E-state index contributed by atoms with van der Waals surface area (Å²) in [6, 6.07) is 7.54. The van der Waals surface area contributed by atoms with Gasteiger partial charge in [0.1, 0.15) is 0 Å². The highest BCUT2D eigenvalue weighted by atomic mass is 35.5. The number of nitrogens with zero attached hydrogens (tertiary/aromatic N) is 1. The van der Waals surface area contributed by atoms with Crippen molar-refractivity contribution in [3.8, 4) is 0 Å². The summed E-state index contributed by atoms with van der Waals surface area (Å²) in [5, 5.41) is 3.03. The molecule has 2 rings (SSSR count). The van der Waals surface area contributed by atoms with E-state index in [1.54, 1.807) is 0 Å². The van der Waals surface area contributed by atoms with Crippen molar-refractivity contribution in [2.24, 2.45) is 0 Å². The maximum absolute atomic E-state index is 12.2. The molecule has 1 heterocycles. The van der Waals surface area contributed by atoms with Crippen LogP contribution in [0.2, 0.25) is 0 Å². The first-order chi connectivity index (χ1) is 9.69. The Labute approximate surface area is 125 Å². The second-order valence-corrected chi connectivity index (χ2v) is 5.39. The smallest absolute Gasteiger partial charge is 0.251 e. The van der Waals surface area contributed by atoms with Gasteiger partial charge >= 0.3 is 0 Å². The van der Waals surface area contributed by atoms with Gasteiger partial charge in [0.05, 0.1) is 13.2 Å². The van der Waals surface area contributed by atoms with Crippen molar-refractivity contribution in [1.29, 1.82) is 0 Å². The van der Waals surface area contributed by atoms with E-state index in [0.29, 0.717) is 11.4 Å². The van der Waals surface area contributed by atoms with Gasteiger partial charge in [-0.15, -0.1) is 11.6 Å². The van der Waals surface area contributed by atoms with Crippen LogP contribution in [0.15, 0.2) is 24.3 Å². The maximum Gasteiger partial charge on any atom is 0.251 e. The highest BCUT2D eigenvalue weighted by Gasteiger charge is 2.16. The van der Waals surface area contributed by atoms with E-state index in [-0.39, 0.29) is 11.9 Å². The zero-order chi connectivity index (χ0) is 14.4. The molecule has 0 aliphatic carbocycles. The molecule has 1 unspecified atom stereocenters. The molecule has 1 atom stereocenters. The van der Waals surface area contributed by atoms with Crippen LogP contribution in [0.1, 0.15) is 22.8 Å². The third-order valence-electron chi connectivity index (χ3n) is 3.36. The monoisotopic (exact) mass is 296 g/mol. The van der Waals surface area contributed by atoms with Gasteiger partial charge in [0, 0.05) is 37.1 Å². The van der Waals surface area contributed by atoms with Crippen LogP contribution in [0.5, 0.6) is 0 Å². The van der Waals surface area contributed by atoms with E-state index >= 15 is 0 Å². The number of rotatable bonds is 5. The summed E-state index contributed by atoms with van der Waals surface area (Å²) in [6.45, 7) is 6.30. The summed E-state index contributed by atoms with van der Waals surface area (Å²) < 4.78 is 5.32. The van der Waals surface area contributed by atoms with E-state index in [0.717, 1.165) is 38.4 Å². The molecule has 20 heavy (non-hydrogen) atoms. The molecule has 1 fully saturated rings. The minimum absolute atomic E-state index is 0.0438. The minimum Gasteiger partial charge on any atom is -0.379 e. The minimum atomic E-state index is -0.0438. The second-order valence-electron chi connectivity index (χ2n) is 5.12. The number of alkyl halides is 1. The number of amides is 1. The van der Waals surface area contributed by atoms with Crippen molar-refractivity contribution < 1.29 is 9.53 Å². The fourth-order valence-corrected chi connectivity index (χ4v) is 2.49. The molecule has 0 radical (unpaired) electrons. The highest BCUT2D eigenvalue weighted by Crippen LogP contribution is 2.08. The standard InChI is InChI=1S/C15H21ClN2O2/c1-12(11-18-5-7-20-8-6-18)17-15(19)14-4-2-3-13(9-14)10-16/h2-4,9,12H,5-8,10-11H2,1H3,(H,17,19). The number of morpholine rings is 1. The van der Waals surface area contributed by atoms with Gasteiger partial charge in [-0.1, -0.05) is 12.1 Å². The van der Waals surface area contributed by atoms with Gasteiger partial charge < -0.3 is 10.1 Å². The van der Waals surface area contributed by atoms with Crippen molar-refractivity contribution in [3.05, 3.63) is 35.4 Å². The lowest BCUT2D eigenvalue weighted by atomic mass is 10.1. The number of halogens is 1. The Hall–Kier alpha value is -1.10. The van der Waals surface area contributed by atoms with Gasteiger partial charge in [0.25, 0.3) is 5.91 Å². The van der Waals surface area contributed by atoms with Crippen molar-refractivity contribution in [1.82, 2.24) is 10.2 Å². The fourth-order valence-electron chi connectivity index (χ4n) is 2.32. The molecule has 1 aromatic rings. The summed E-state index contributed by atoms with van der Waals surface area (Å²) in [4.78, 5) is 14.5. The molecule has 1 amide bonds. The zero-order valence-electron chi connectivity index (χ0n) is 11.8. The van der Waals surface area contributed by atoms with E-state index < -0.39 is 0 Å². The van der Waals surface area contributed by atoms with Crippen LogP contribution in [0.3, 0.4) is 0 Å². The van der Waals surface area contributed by atoms with Crippen molar-refractivity contribution in [2.75, 3.05) is 32.8 Å². The molecule has 1 saturated heterocycles. The topological polar surface area (TPSA) is 41.6 Å². The number of carbonyl (C=O) groups is 1. The first-order valence-corrected chi connectivity index (χ1v) is 7.48. The van der Waals surface area contributed by atoms with Crippen LogP contribution in [0.4, 0.5) is 0 Å². The van der Waals surface area contributed by atoms with Crippen LogP contribution in [0, 0.1) is 0 Å². The first-order valence-electron chi connectivity index (χ1n) is 6.95. The lowest BCUT2D eigenvalue weighted by Crippen LogP contribution is -2.46. The second kappa shape index (κ2) is 7.62. The molecule has 5 heteroatoms. The largest absolute Gasteiger partial charge is 0.379 e. The van der Waals surface area contributed by atoms with Gasteiger partial charge in [-0.2, -0.15) is 0 Å². The van der Waals surface area contributed by atoms with E-state index in [1.165, 1.54) is 0 Å². The SMILES string of the molecule is CC(CN1CCOCC1)NC(=O)c1cccc(CCl)c1. The van der Waals surface area contributed by atoms with Gasteiger partial charge in [0.2, 0.25) is 0 Å². The van der Waals surface area contributed by atoms with Crippen molar-refractivity contribution in [2.45, 2.75) is 18.8 Å². The molecule has 1 aromatic carbocycles. The fraction of sp³-hybridized carbons (Fsp3) is 0.533. The first kappa shape index (κ1) is 15.3. The van der Waals surface area contributed by atoms with Crippen molar-refractivity contribution in [3.63, 3.8) is 0 Å². The van der Waals surface area contributed by atoms with Crippen LogP contribution in [0.25, 0.3) is 0 Å². The van der Waals surface area contributed by atoms with Gasteiger partial charge in [-0.3, -0.25) is 9.69 Å². The Balaban J connectivity index is 1.86. The average molecular weight is 297 g/mol. The maximum atomic E-state index is 12.2. The molecule has 1 N–H and O–H groups in total. The van der Waals surface area contributed by atoms with E-state index in [4.69, 9.17) is 16.3 Å². The Morgan fingerprint density at radius 3 is 2.90 bits per heavy atom. The number of benzene rings is 1. The summed E-state index contributed by atoms with van der Waals surface area (Å²) in [5.41, 5.74) is 1.62. The number of carbonyl (C=O) groups excluding carboxylic acids is 1. The molecule has 1 aliphatic heterocycles. The average Bonchev–Trinajstić information content (AvgIpc) is 2.48. The highest BCUT2D eigenvalue weighted by molar-refractivity contribution is 6.17. The molecule has 0 bridgehead atoms. The van der Waals surface area contributed by atoms with Gasteiger partial charge in [-0.05, 0) is 24.6 Å². The lowest BCUT2D eigenvalue weighted by molar-refractivity contribution is 0.0342. The zero-order valence-corrected chi connectivity index (χ0v) is 12.5. The summed E-state index contributed by atoms with van der Waals surface area (Å²) in [6.07, 6.45) is 0. The normalized spacial score (nSPS) is 17.7. The predicted octanol–water partition coefficient (Wildman–Crippen LogP) is 1.88. The molecule has 0 spiro atoms. The third kappa shape index (κ3) is 4.47. The van der Waals surface area contributed by atoms with Crippen LogP contribution >= 0.6 is 11.6 Å². The molecule has 1 aliphatic rings.